The molecule has 6 heteroatoms. The smallest absolute Gasteiger partial charge is 0.319 e. The fourth-order valence-electron chi connectivity index (χ4n) is 3.30. The van der Waals surface area contributed by atoms with E-state index in [1.54, 1.807) is 29.7 Å². The van der Waals surface area contributed by atoms with E-state index in [-0.39, 0.29) is 18.0 Å². The molecule has 1 unspecified atom stereocenters. The van der Waals surface area contributed by atoms with Crippen molar-refractivity contribution in [2.24, 2.45) is 5.92 Å². The third-order valence-electron chi connectivity index (χ3n) is 4.85. The van der Waals surface area contributed by atoms with Crippen LogP contribution in [-0.2, 0) is 0 Å². The molecule has 0 aliphatic heterocycles. The van der Waals surface area contributed by atoms with Gasteiger partial charge in [-0.1, -0.05) is 74.5 Å². The highest BCUT2D eigenvalue weighted by Crippen LogP contribution is 2.28. The Labute approximate surface area is 175 Å². The van der Waals surface area contributed by atoms with Gasteiger partial charge in [-0.05, 0) is 35.2 Å². The first-order valence-corrected chi connectivity index (χ1v) is 9.76. The second kappa shape index (κ2) is 9.71. The minimum absolute atomic E-state index is 0.123. The minimum Gasteiger partial charge on any atom is -0.331 e. The molecule has 3 aromatic rings. The normalized spacial score (nSPS) is 11.6. The lowest BCUT2D eigenvalue weighted by Gasteiger charge is -2.24. The molecule has 0 heterocycles. The third-order valence-corrected chi connectivity index (χ3v) is 4.85. The fraction of sp³-hybridized carbons (Fsp3) is 0.167. The number of nitrogens with one attached hydrogen (secondary N) is 3. The quantitative estimate of drug-likeness (QED) is 0.345. The number of amides is 3. The maximum Gasteiger partial charge on any atom is 0.319 e. The van der Waals surface area contributed by atoms with Gasteiger partial charge in [0.25, 0.3) is 5.91 Å². The van der Waals surface area contributed by atoms with Crippen LogP contribution in [0.4, 0.5) is 10.5 Å². The second-order valence-corrected chi connectivity index (χ2v) is 7.29. The highest BCUT2D eigenvalue weighted by molar-refractivity contribution is 5.95. The van der Waals surface area contributed by atoms with Gasteiger partial charge in [0.1, 0.15) is 0 Å². The summed E-state index contributed by atoms with van der Waals surface area (Å²) in [5.41, 5.74) is 5.50. The van der Waals surface area contributed by atoms with Crippen LogP contribution in [0.2, 0.25) is 0 Å². The van der Waals surface area contributed by atoms with E-state index < -0.39 is 5.91 Å². The molecule has 6 nitrogen and oxygen atoms in total. The van der Waals surface area contributed by atoms with E-state index in [2.05, 4.69) is 10.6 Å². The zero-order chi connectivity index (χ0) is 21.5. The molecule has 0 bridgehead atoms. The summed E-state index contributed by atoms with van der Waals surface area (Å²) < 4.78 is 0. The summed E-state index contributed by atoms with van der Waals surface area (Å²) in [6.07, 6.45) is 0. The summed E-state index contributed by atoms with van der Waals surface area (Å²) in [5, 5.41) is 14.7. The van der Waals surface area contributed by atoms with Crippen LogP contribution < -0.4 is 16.1 Å². The number of hydroxylamine groups is 1. The van der Waals surface area contributed by atoms with Crippen LogP contribution in [0.1, 0.15) is 35.8 Å². The van der Waals surface area contributed by atoms with Crippen molar-refractivity contribution in [1.29, 1.82) is 0 Å². The number of anilines is 1. The molecule has 1 atom stereocenters. The fourth-order valence-corrected chi connectivity index (χ4v) is 3.30. The van der Waals surface area contributed by atoms with Gasteiger partial charge < -0.3 is 10.6 Å². The van der Waals surface area contributed by atoms with Gasteiger partial charge in [0, 0.05) is 11.1 Å². The molecule has 30 heavy (non-hydrogen) atoms. The average Bonchev–Trinajstić information content (AvgIpc) is 2.78. The van der Waals surface area contributed by atoms with Crippen molar-refractivity contribution in [3.8, 4) is 11.1 Å². The number of benzene rings is 3. The molecule has 0 fully saturated rings. The van der Waals surface area contributed by atoms with Crippen LogP contribution in [0.3, 0.4) is 0 Å². The summed E-state index contributed by atoms with van der Waals surface area (Å²) in [6, 6.07) is 23.7. The largest absolute Gasteiger partial charge is 0.331 e. The van der Waals surface area contributed by atoms with Gasteiger partial charge in [-0.2, -0.15) is 0 Å². The molecule has 3 aromatic carbocycles. The average molecular weight is 403 g/mol. The number of rotatable bonds is 6. The van der Waals surface area contributed by atoms with Gasteiger partial charge in [-0.3, -0.25) is 10.0 Å². The molecule has 0 aliphatic rings. The number of carbonyl (C=O) groups excluding carboxylic acids is 2. The van der Waals surface area contributed by atoms with E-state index >= 15 is 0 Å². The summed E-state index contributed by atoms with van der Waals surface area (Å²) >= 11 is 0. The lowest BCUT2D eigenvalue weighted by atomic mass is 9.95. The van der Waals surface area contributed by atoms with Crippen LogP contribution in [0.25, 0.3) is 11.1 Å². The molecule has 154 valence electrons. The van der Waals surface area contributed by atoms with E-state index in [0.717, 1.165) is 22.4 Å². The maximum atomic E-state index is 12.8. The maximum absolute atomic E-state index is 12.8. The van der Waals surface area contributed by atoms with Crippen molar-refractivity contribution in [1.82, 2.24) is 10.8 Å². The number of para-hydroxylation sites is 1. The van der Waals surface area contributed by atoms with Crippen LogP contribution in [0.5, 0.6) is 0 Å². The lowest BCUT2D eigenvalue weighted by molar-refractivity contribution is 0.0706. The summed E-state index contributed by atoms with van der Waals surface area (Å²) in [5.74, 6) is -0.455. The van der Waals surface area contributed by atoms with Crippen molar-refractivity contribution >= 4 is 17.6 Å². The van der Waals surface area contributed by atoms with E-state index in [1.165, 1.54) is 0 Å². The third kappa shape index (κ3) is 5.04. The number of hydrogen-bond donors (Lipinski definition) is 4. The van der Waals surface area contributed by atoms with E-state index in [9.17, 15) is 9.59 Å². The first-order chi connectivity index (χ1) is 14.5. The summed E-state index contributed by atoms with van der Waals surface area (Å²) in [4.78, 5) is 24.3. The Balaban J connectivity index is 1.77. The number of urea groups is 1. The lowest BCUT2D eigenvalue weighted by Crippen LogP contribution is -2.35. The van der Waals surface area contributed by atoms with Gasteiger partial charge in [0.05, 0.1) is 11.7 Å². The number of hydrogen-bond acceptors (Lipinski definition) is 3. The monoisotopic (exact) mass is 403 g/mol. The Morgan fingerprint density at radius 3 is 2.10 bits per heavy atom. The molecule has 4 N–H and O–H groups in total. The Hall–Kier alpha value is -3.64. The van der Waals surface area contributed by atoms with Gasteiger partial charge in [-0.25, -0.2) is 10.3 Å². The van der Waals surface area contributed by atoms with Crippen molar-refractivity contribution in [2.75, 3.05) is 5.32 Å². The van der Waals surface area contributed by atoms with Crippen LogP contribution in [-0.4, -0.2) is 17.1 Å². The van der Waals surface area contributed by atoms with Crippen LogP contribution in [0.15, 0.2) is 78.9 Å². The minimum atomic E-state index is -0.578. The van der Waals surface area contributed by atoms with Gasteiger partial charge in [0.2, 0.25) is 0 Å². The molecule has 0 radical (unpaired) electrons. The Morgan fingerprint density at radius 1 is 0.833 bits per heavy atom. The summed E-state index contributed by atoms with van der Waals surface area (Å²) in [6.45, 7) is 4.02. The van der Waals surface area contributed by atoms with Crippen molar-refractivity contribution in [3.63, 3.8) is 0 Å². The Kier molecular flexibility index (Phi) is 6.83. The van der Waals surface area contributed by atoms with Gasteiger partial charge in [-0.15, -0.1) is 0 Å². The molecule has 0 aromatic heterocycles. The molecule has 3 rings (SSSR count). The predicted molar refractivity (Wildman–Crippen MR) is 117 cm³/mol. The van der Waals surface area contributed by atoms with Crippen molar-refractivity contribution < 1.29 is 14.8 Å². The van der Waals surface area contributed by atoms with Crippen molar-refractivity contribution in [3.05, 3.63) is 90.0 Å². The van der Waals surface area contributed by atoms with E-state index in [1.807, 2.05) is 68.4 Å². The summed E-state index contributed by atoms with van der Waals surface area (Å²) in [7, 11) is 0. The van der Waals surface area contributed by atoms with E-state index in [4.69, 9.17) is 5.21 Å². The SMILES string of the molecule is CC(C)C(NC(=O)Nc1ccccc1-c1ccccc1)c1ccc(C(=O)NO)cc1. The highest BCUT2D eigenvalue weighted by atomic mass is 16.5. The molecular weight excluding hydrogens is 378 g/mol. The molecular formula is C24H25N3O3. The van der Waals surface area contributed by atoms with Gasteiger partial charge in [0.15, 0.2) is 0 Å². The van der Waals surface area contributed by atoms with Crippen LogP contribution in [0, 0.1) is 5.92 Å². The van der Waals surface area contributed by atoms with Gasteiger partial charge >= 0.3 is 6.03 Å². The molecule has 0 saturated carbocycles. The molecule has 3 amide bonds. The highest BCUT2D eigenvalue weighted by Gasteiger charge is 2.19. The molecule has 0 spiro atoms. The Bertz CT molecular complexity index is 1000. The van der Waals surface area contributed by atoms with Crippen molar-refractivity contribution in [2.45, 2.75) is 19.9 Å². The molecule has 0 saturated heterocycles. The Morgan fingerprint density at radius 2 is 1.47 bits per heavy atom. The number of carbonyl (C=O) groups is 2. The zero-order valence-corrected chi connectivity index (χ0v) is 16.9. The zero-order valence-electron chi connectivity index (χ0n) is 16.9. The van der Waals surface area contributed by atoms with E-state index in [0.29, 0.717) is 5.56 Å². The molecule has 0 aliphatic carbocycles. The first-order valence-electron chi connectivity index (χ1n) is 9.76. The predicted octanol–water partition coefficient (Wildman–Crippen LogP) is 4.99. The topological polar surface area (TPSA) is 90.5 Å². The first kappa shape index (κ1) is 21.1. The van der Waals surface area contributed by atoms with Crippen LogP contribution >= 0.6 is 0 Å². The standard InChI is InChI=1S/C24H25N3O3/c1-16(2)22(18-12-14-19(15-13-18)23(28)27-30)26-24(29)25-21-11-7-6-10-20(21)17-8-4-3-5-9-17/h3-16,22,30H,1-2H3,(H,27,28)(H2,25,26,29). The second-order valence-electron chi connectivity index (χ2n) is 7.29.